The molecule has 2 N–H and O–H groups in total. The van der Waals surface area contributed by atoms with Gasteiger partial charge in [-0.05, 0) is 39.4 Å². The highest BCUT2D eigenvalue weighted by molar-refractivity contribution is 6.00. The molecule has 1 aromatic rings. The molecule has 0 aromatic heterocycles. The van der Waals surface area contributed by atoms with Crippen LogP contribution in [0.3, 0.4) is 0 Å². The van der Waals surface area contributed by atoms with Gasteiger partial charge in [0.05, 0.1) is 12.1 Å². The summed E-state index contributed by atoms with van der Waals surface area (Å²) < 4.78 is 0. The second-order valence-electron chi connectivity index (χ2n) is 5.15. The lowest BCUT2D eigenvalue weighted by atomic mass is 9.99. The lowest BCUT2D eigenvalue weighted by molar-refractivity contribution is 0.0844. The standard InChI is InChI=1S/C14H21NO3/c1-5-14(2,3)15(4)9-13(18)11-7-6-10(16)8-12(11)17/h6-8,16-17H,5,9H2,1-4H3. The second kappa shape index (κ2) is 5.40. The quantitative estimate of drug-likeness (QED) is 0.789. The van der Waals surface area contributed by atoms with E-state index in [0.717, 1.165) is 6.42 Å². The van der Waals surface area contributed by atoms with Crippen molar-refractivity contribution in [3.05, 3.63) is 23.8 Å². The minimum atomic E-state index is -0.178. The van der Waals surface area contributed by atoms with Crippen molar-refractivity contribution in [3.63, 3.8) is 0 Å². The summed E-state index contributed by atoms with van der Waals surface area (Å²) in [4.78, 5) is 14.0. The van der Waals surface area contributed by atoms with Crippen LogP contribution in [0.4, 0.5) is 0 Å². The molecule has 0 fully saturated rings. The van der Waals surface area contributed by atoms with Crippen molar-refractivity contribution < 1.29 is 15.0 Å². The maximum atomic E-state index is 12.1. The zero-order valence-corrected chi connectivity index (χ0v) is 11.4. The molecular weight excluding hydrogens is 230 g/mol. The lowest BCUT2D eigenvalue weighted by Crippen LogP contribution is -2.43. The Labute approximate surface area is 108 Å². The van der Waals surface area contributed by atoms with Crippen molar-refractivity contribution in [2.24, 2.45) is 0 Å². The van der Waals surface area contributed by atoms with Gasteiger partial charge in [0, 0.05) is 11.6 Å². The van der Waals surface area contributed by atoms with Gasteiger partial charge in [-0.15, -0.1) is 0 Å². The topological polar surface area (TPSA) is 60.8 Å². The van der Waals surface area contributed by atoms with Crippen molar-refractivity contribution in [2.45, 2.75) is 32.7 Å². The van der Waals surface area contributed by atoms with Crippen molar-refractivity contribution in [2.75, 3.05) is 13.6 Å². The van der Waals surface area contributed by atoms with E-state index in [1.807, 2.05) is 11.9 Å². The van der Waals surface area contributed by atoms with Gasteiger partial charge in [0.2, 0.25) is 0 Å². The summed E-state index contributed by atoms with van der Waals surface area (Å²) in [6.07, 6.45) is 0.929. The summed E-state index contributed by atoms with van der Waals surface area (Å²) in [5.41, 5.74) is 0.175. The van der Waals surface area contributed by atoms with Crippen molar-refractivity contribution >= 4 is 5.78 Å². The first kappa shape index (κ1) is 14.5. The smallest absolute Gasteiger partial charge is 0.180 e. The largest absolute Gasteiger partial charge is 0.508 e. The molecule has 0 aliphatic carbocycles. The van der Waals surface area contributed by atoms with E-state index in [2.05, 4.69) is 20.8 Å². The van der Waals surface area contributed by atoms with Gasteiger partial charge in [0.15, 0.2) is 5.78 Å². The van der Waals surface area contributed by atoms with Gasteiger partial charge in [-0.2, -0.15) is 0 Å². The van der Waals surface area contributed by atoms with E-state index in [0.29, 0.717) is 0 Å². The Bertz CT molecular complexity index is 441. The molecular formula is C14H21NO3. The fourth-order valence-corrected chi connectivity index (χ4v) is 1.54. The van der Waals surface area contributed by atoms with Gasteiger partial charge in [-0.1, -0.05) is 6.92 Å². The number of phenolic OH excluding ortho intramolecular Hbond substituents is 2. The molecule has 18 heavy (non-hydrogen) atoms. The summed E-state index contributed by atoms with van der Waals surface area (Å²) in [5.74, 6) is -0.384. The third-order valence-electron chi connectivity index (χ3n) is 3.56. The second-order valence-corrected chi connectivity index (χ2v) is 5.15. The van der Waals surface area contributed by atoms with Crippen molar-refractivity contribution in [1.82, 2.24) is 4.90 Å². The zero-order chi connectivity index (χ0) is 13.9. The summed E-state index contributed by atoms with van der Waals surface area (Å²) in [6, 6.07) is 4.02. The molecule has 0 bridgehead atoms. The first-order valence-electron chi connectivity index (χ1n) is 6.04. The van der Waals surface area contributed by atoms with Gasteiger partial charge in [0.25, 0.3) is 0 Å². The molecule has 0 unspecified atom stereocenters. The van der Waals surface area contributed by atoms with Crippen molar-refractivity contribution in [1.29, 1.82) is 0 Å². The Kier molecular flexibility index (Phi) is 4.35. The highest BCUT2D eigenvalue weighted by Crippen LogP contribution is 2.24. The average molecular weight is 251 g/mol. The minimum absolute atomic E-state index is 0.0497. The number of carbonyl (C=O) groups is 1. The molecule has 4 nitrogen and oxygen atoms in total. The normalized spacial score (nSPS) is 11.8. The molecule has 4 heteroatoms. The molecule has 0 saturated carbocycles. The number of likely N-dealkylation sites (N-methyl/N-ethyl adjacent to an activating group) is 1. The van der Waals surface area contributed by atoms with Crippen LogP contribution in [0, 0.1) is 0 Å². The summed E-state index contributed by atoms with van der Waals surface area (Å²) in [5, 5.41) is 18.8. The Morgan fingerprint density at radius 1 is 1.33 bits per heavy atom. The average Bonchev–Trinajstić information content (AvgIpc) is 2.28. The number of phenols is 2. The van der Waals surface area contributed by atoms with Crippen LogP contribution in [-0.4, -0.2) is 40.0 Å². The van der Waals surface area contributed by atoms with Crippen LogP contribution in [0.15, 0.2) is 18.2 Å². The van der Waals surface area contributed by atoms with Crippen LogP contribution in [0.2, 0.25) is 0 Å². The van der Waals surface area contributed by atoms with Gasteiger partial charge >= 0.3 is 0 Å². The Hall–Kier alpha value is -1.55. The highest BCUT2D eigenvalue weighted by atomic mass is 16.3. The van der Waals surface area contributed by atoms with Crippen LogP contribution >= 0.6 is 0 Å². The summed E-state index contributed by atoms with van der Waals surface area (Å²) in [7, 11) is 1.89. The molecule has 0 atom stereocenters. The number of benzene rings is 1. The highest BCUT2D eigenvalue weighted by Gasteiger charge is 2.24. The van der Waals surface area contributed by atoms with Gasteiger partial charge < -0.3 is 10.2 Å². The van der Waals surface area contributed by atoms with E-state index in [-0.39, 0.29) is 34.9 Å². The first-order valence-corrected chi connectivity index (χ1v) is 6.04. The zero-order valence-electron chi connectivity index (χ0n) is 11.4. The maximum absolute atomic E-state index is 12.1. The number of hydrogen-bond acceptors (Lipinski definition) is 4. The fraction of sp³-hybridized carbons (Fsp3) is 0.500. The number of ketones is 1. The van der Waals surface area contributed by atoms with E-state index in [1.165, 1.54) is 18.2 Å². The fourth-order valence-electron chi connectivity index (χ4n) is 1.54. The molecule has 0 aliphatic rings. The molecule has 1 aromatic carbocycles. The van der Waals surface area contributed by atoms with Crippen LogP contribution in [-0.2, 0) is 0 Å². The Morgan fingerprint density at radius 3 is 2.44 bits per heavy atom. The predicted molar refractivity (Wildman–Crippen MR) is 71.1 cm³/mol. The van der Waals surface area contributed by atoms with Crippen LogP contribution in [0.25, 0.3) is 0 Å². The minimum Gasteiger partial charge on any atom is -0.508 e. The molecule has 0 heterocycles. The molecule has 0 amide bonds. The number of nitrogens with zero attached hydrogens (tertiary/aromatic N) is 1. The molecule has 0 aliphatic heterocycles. The van der Waals surface area contributed by atoms with E-state index >= 15 is 0 Å². The van der Waals surface area contributed by atoms with Gasteiger partial charge in [0.1, 0.15) is 11.5 Å². The van der Waals surface area contributed by atoms with Crippen molar-refractivity contribution in [3.8, 4) is 11.5 Å². The number of hydrogen-bond donors (Lipinski definition) is 2. The number of aromatic hydroxyl groups is 2. The molecule has 100 valence electrons. The molecule has 0 saturated heterocycles. The molecule has 0 spiro atoms. The lowest BCUT2D eigenvalue weighted by Gasteiger charge is -2.34. The van der Waals surface area contributed by atoms with E-state index in [4.69, 9.17) is 0 Å². The number of rotatable bonds is 5. The van der Waals surface area contributed by atoms with Gasteiger partial charge in [-0.3, -0.25) is 9.69 Å². The molecule has 0 radical (unpaired) electrons. The van der Waals surface area contributed by atoms with Crippen LogP contribution in [0.5, 0.6) is 11.5 Å². The summed E-state index contributed by atoms with van der Waals surface area (Å²) in [6.45, 7) is 6.44. The van der Waals surface area contributed by atoms with E-state index < -0.39 is 0 Å². The Morgan fingerprint density at radius 2 is 1.94 bits per heavy atom. The van der Waals surface area contributed by atoms with E-state index in [9.17, 15) is 15.0 Å². The first-order chi connectivity index (χ1) is 8.27. The monoisotopic (exact) mass is 251 g/mol. The Balaban J connectivity index is 2.83. The predicted octanol–water partition coefficient (Wildman–Crippen LogP) is 2.40. The SMILES string of the molecule is CCC(C)(C)N(C)CC(=O)c1ccc(O)cc1O. The maximum Gasteiger partial charge on any atom is 0.180 e. The van der Waals surface area contributed by atoms with E-state index in [1.54, 1.807) is 0 Å². The van der Waals surface area contributed by atoms with Crippen LogP contribution < -0.4 is 0 Å². The van der Waals surface area contributed by atoms with Crippen LogP contribution in [0.1, 0.15) is 37.6 Å². The number of Topliss-reactive ketones (excluding diaryl/α,β-unsaturated/α-hetero) is 1. The summed E-state index contributed by atoms with van der Waals surface area (Å²) >= 11 is 0. The van der Waals surface area contributed by atoms with Gasteiger partial charge in [-0.25, -0.2) is 0 Å². The third-order valence-corrected chi connectivity index (χ3v) is 3.56. The number of carbonyl (C=O) groups excluding carboxylic acids is 1. The molecule has 1 rings (SSSR count). The third kappa shape index (κ3) is 3.23.